The van der Waals surface area contributed by atoms with E-state index in [-0.39, 0.29) is 17.3 Å². The minimum absolute atomic E-state index is 0.00877. The van der Waals surface area contributed by atoms with Crippen LogP contribution in [0, 0.1) is 17.0 Å². The predicted octanol–water partition coefficient (Wildman–Crippen LogP) is 2.27. The molecular weight excluding hydrogens is 278 g/mol. The van der Waals surface area contributed by atoms with Crippen LogP contribution >= 0.6 is 0 Å². The van der Waals surface area contributed by atoms with E-state index in [1.54, 1.807) is 6.92 Å². The van der Waals surface area contributed by atoms with Gasteiger partial charge in [-0.2, -0.15) is 0 Å². The van der Waals surface area contributed by atoms with Gasteiger partial charge in [0.15, 0.2) is 5.69 Å². The average Bonchev–Trinajstić information content (AvgIpc) is 2.47. The van der Waals surface area contributed by atoms with E-state index in [1.165, 1.54) is 37.7 Å². The summed E-state index contributed by atoms with van der Waals surface area (Å²) in [6, 6.07) is 4.33. The lowest BCUT2D eigenvalue weighted by Gasteiger charge is -2.05. The van der Waals surface area contributed by atoms with Crippen molar-refractivity contribution < 1.29 is 19.2 Å². The third-order valence-electron chi connectivity index (χ3n) is 2.61. The molecule has 8 nitrogen and oxygen atoms in total. The van der Waals surface area contributed by atoms with Crippen molar-refractivity contribution in [1.82, 2.24) is 9.97 Å². The van der Waals surface area contributed by atoms with Crippen molar-refractivity contribution in [1.29, 1.82) is 0 Å². The van der Waals surface area contributed by atoms with Gasteiger partial charge in [-0.05, 0) is 19.1 Å². The van der Waals surface area contributed by atoms with Crippen molar-refractivity contribution in [3.63, 3.8) is 0 Å². The minimum atomic E-state index is -0.597. The van der Waals surface area contributed by atoms with E-state index in [4.69, 9.17) is 4.74 Å². The Hall–Kier alpha value is -3.03. The standard InChI is InChI=1S/C13H11N3O5/c1-8-5-9(3-4-11(8)16(18)19)21-12-7-14-10(6-15-12)13(17)20-2/h3-7H,1-2H3. The van der Waals surface area contributed by atoms with Crippen LogP contribution in [0.3, 0.4) is 0 Å². The number of benzene rings is 1. The number of hydrogen-bond donors (Lipinski definition) is 0. The maximum Gasteiger partial charge on any atom is 0.358 e. The SMILES string of the molecule is COC(=O)c1cnc(Oc2ccc([N+](=O)[O-])c(C)c2)cn1. The van der Waals surface area contributed by atoms with E-state index in [9.17, 15) is 14.9 Å². The Labute approximate surface area is 119 Å². The van der Waals surface area contributed by atoms with Gasteiger partial charge in [-0.3, -0.25) is 10.1 Å². The average molecular weight is 289 g/mol. The zero-order valence-electron chi connectivity index (χ0n) is 11.3. The number of carbonyl (C=O) groups excluding carboxylic acids is 1. The highest BCUT2D eigenvalue weighted by molar-refractivity contribution is 5.86. The molecule has 0 saturated carbocycles. The number of esters is 1. The van der Waals surface area contributed by atoms with Crippen molar-refractivity contribution >= 4 is 11.7 Å². The molecule has 8 heteroatoms. The van der Waals surface area contributed by atoms with Gasteiger partial charge in [0.2, 0.25) is 5.88 Å². The molecule has 0 unspecified atom stereocenters. The van der Waals surface area contributed by atoms with Crippen LogP contribution in [-0.4, -0.2) is 28.0 Å². The van der Waals surface area contributed by atoms with E-state index in [0.717, 1.165) is 0 Å². The van der Waals surface area contributed by atoms with Gasteiger partial charge in [0.05, 0.1) is 24.4 Å². The minimum Gasteiger partial charge on any atom is -0.464 e. The Balaban J connectivity index is 2.17. The number of carbonyl (C=O) groups is 1. The van der Waals surface area contributed by atoms with Crippen LogP contribution in [0.4, 0.5) is 5.69 Å². The molecule has 0 aliphatic rings. The van der Waals surface area contributed by atoms with E-state index in [2.05, 4.69) is 14.7 Å². The van der Waals surface area contributed by atoms with Crippen LogP contribution in [-0.2, 0) is 4.74 Å². The molecule has 0 aliphatic carbocycles. The maximum absolute atomic E-state index is 11.2. The van der Waals surface area contributed by atoms with Gasteiger partial charge >= 0.3 is 5.97 Å². The lowest BCUT2D eigenvalue weighted by molar-refractivity contribution is -0.385. The fourth-order valence-corrected chi connectivity index (χ4v) is 1.60. The number of aryl methyl sites for hydroxylation is 1. The molecule has 0 N–H and O–H groups in total. The highest BCUT2D eigenvalue weighted by Gasteiger charge is 2.12. The largest absolute Gasteiger partial charge is 0.464 e. The van der Waals surface area contributed by atoms with Crippen molar-refractivity contribution in [3.05, 3.63) is 52.0 Å². The van der Waals surface area contributed by atoms with Crippen molar-refractivity contribution in [2.75, 3.05) is 7.11 Å². The summed E-state index contributed by atoms with van der Waals surface area (Å²) in [4.78, 5) is 29.2. The molecule has 0 aliphatic heterocycles. The van der Waals surface area contributed by atoms with E-state index in [1.807, 2.05) is 0 Å². The molecule has 0 radical (unpaired) electrons. The van der Waals surface area contributed by atoms with Crippen molar-refractivity contribution in [2.24, 2.45) is 0 Å². The monoisotopic (exact) mass is 289 g/mol. The number of ether oxygens (including phenoxy) is 2. The normalized spacial score (nSPS) is 10.0. The number of nitro benzene ring substituents is 1. The second-order valence-corrected chi connectivity index (χ2v) is 4.04. The lowest BCUT2D eigenvalue weighted by Crippen LogP contribution is -2.04. The number of methoxy groups -OCH3 is 1. The summed E-state index contributed by atoms with van der Waals surface area (Å²) < 4.78 is 9.91. The van der Waals surface area contributed by atoms with Gasteiger partial charge < -0.3 is 9.47 Å². The van der Waals surface area contributed by atoms with Gasteiger partial charge in [-0.15, -0.1) is 0 Å². The number of hydrogen-bond acceptors (Lipinski definition) is 7. The summed E-state index contributed by atoms with van der Waals surface area (Å²) in [6.45, 7) is 1.61. The summed E-state index contributed by atoms with van der Waals surface area (Å²) in [5.74, 6) is -0.0469. The first kappa shape index (κ1) is 14.4. The van der Waals surface area contributed by atoms with Gasteiger partial charge in [0.25, 0.3) is 5.69 Å². The van der Waals surface area contributed by atoms with Crippen molar-refractivity contribution in [3.8, 4) is 11.6 Å². The molecule has 0 saturated heterocycles. The van der Waals surface area contributed by atoms with Crippen molar-refractivity contribution in [2.45, 2.75) is 6.92 Å². The second kappa shape index (κ2) is 5.95. The molecule has 0 spiro atoms. The number of nitrogens with zero attached hydrogens (tertiary/aromatic N) is 3. The molecule has 1 aromatic carbocycles. The van der Waals surface area contributed by atoms with E-state index < -0.39 is 10.9 Å². The fourth-order valence-electron chi connectivity index (χ4n) is 1.60. The Bertz CT molecular complexity index is 685. The summed E-state index contributed by atoms with van der Waals surface area (Å²) in [6.07, 6.45) is 2.49. The third kappa shape index (κ3) is 3.30. The first-order valence-corrected chi connectivity index (χ1v) is 5.84. The second-order valence-electron chi connectivity index (χ2n) is 4.04. The molecule has 2 aromatic rings. The van der Waals surface area contributed by atoms with E-state index in [0.29, 0.717) is 11.3 Å². The Kier molecular flexibility index (Phi) is 4.07. The van der Waals surface area contributed by atoms with Crippen LogP contribution < -0.4 is 4.74 Å². The third-order valence-corrected chi connectivity index (χ3v) is 2.61. The fraction of sp³-hybridized carbons (Fsp3) is 0.154. The molecule has 0 bridgehead atoms. The molecule has 2 rings (SSSR count). The molecule has 21 heavy (non-hydrogen) atoms. The molecule has 0 fully saturated rings. The first-order valence-electron chi connectivity index (χ1n) is 5.84. The highest BCUT2D eigenvalue weighted by atomic mass is 16.6. The summed E-state index contributed by atoms with van der Waals surface area (Å²) in [5.41, 5.74) is 0.538. The number of rotatable bonds is 4. The zero-order valence-corrected chi connectivity index (χ0v) is 11.3. The molecule has 1 heterocycles. The molecule has 1 aromatic heterocycles. The van der Waals surface area contributed by atoms with Gasteiger partial charge in [0.1, 0.15) is 5.75 Å². The van der Waals surface area contributed by atoms with Crippen LogP contribution in [0.5, 0.6) is 11.6 Å². The predicted molar refractivity (Wildman–Crippen MR) is 71.3 cm³/mol. The summed E-state index contributed by atoms with van der Waals surface area (Å²) in [5, 5.41) is 10.7. The smallest absolute Gasteiger partial charge is 0.358 e. The highest BCUT2D eigenvalue weighted by Crippen LogP contribution is 2.25. The van der Waals surface area contributed by atoms with Crippen LogP contribution in [0.2, 0.25) is 0 Å². The molecular formula is C13H11N3O5. The zero-order chi connectivity index (χ0) is 15.4. The van der Waals surface area contributed by atoms with Crippen LogP contribution in [0.15, 0.2) is 30.6 Å². The number of nitro groups is 1. The Morgan fingerprint density at radius 2 is 2.05 bits per heavy atom. The van der Waals surface area contributed by atoms with Gasteiger partial charge in [0, 0.05) is 11.6 Å². The van der Waals surface area contributed by atoms with Crippen LogP contribution in [0.25, 0.3) is 0 Å². The quantitative estimate of drug-likeness (QED) is 0.483. The number of aromatic nitrogens is 2. The maximum atomic E-state index is 11.2. The van der Waals surface area contributed by atoms with Gasteiger partial charge in [-0.1, -0.05) is 0 Å². The Morgan fingerprint density at radius 3 is 2.57 bits per heavy atom. The first-order chi connectivity index (χ1) is 10.0. The van der Waals surface area contributed by atoms with Gasteiger partial charge in [-0.25, -0.2) is 14.8 Å². The van der Waals surface area contributed by atoms with Crippen LogP contribution in [0.1, 0.15) is 16.1 Å². The summed E-state index contributed by atoms with van der Waals surface area (Å²) >= 11 is 0. The van der Waals surface area contributed by atoms with E-state index >= 15 is 0 Å². The summed E-state index contributed by atoms with van der Waals surface area (Å²) in [7, 11) is 1.24. The Morgan fingerprint density at radius 1 is 1.29 bits per heavy atom. The topological polar surface area (TPSA) is 104 Å². The molecule has 0 atom stereocenters. The molecule has 0 amide bonds. The lowest BCUT2D eigenvalue weighted by atomic mass is 10.2. The molecule has 108 valence electrons.